The molecule has 0 bridgehead atoms. The van der Waals surface area contributed by atoms with Gasteiger partial charge in [-0.2, -0.15) is 0 Å². The van der Waals surface area contributed by atoms with E-state index in [1.54, 1.807) is 24.4 Å². The van der Waals surface area contributed by atoms with Crippen molar-refractivity contribution in [2.45, 2.75) is 0 Å². The number of para-hydroxylation sites is 1. The number of halogens is 2. The highest BCUT2D eigenvalue weighted by molar-refractivity contribution is 9.13. The second-order valence-electron chi connectivity index (χ2n) is 4.54. The van der Waals surface area contributed by atoms with Crippen LogP contribution >= 0.6 is 31.9 Å². The number of hydrogen-bond acceptors (Lipinski definition) is 3. The van der Waals surface area contributed by atoms with Crippen LogP contribution in [0.1, 0.15) is 5.56 Å². The summed E-state index contributed by atoms with van der Waals surface area (Å²) in [4.78, 5) is 8.86. The minimum atomic E-state index is 0.200. The maximum Gasteiger partial charge on any atom is 0.230 e. The molecule has 0 aliphatic heterocycles. The van der Waals surface area contributed by atoms with Crippen LogP contribution in [0.4, 0.5) is 5.95 Å². The van der Waals surface area contributed by atoms with Gasteiger partial charge in [-0.15, -0.1) is 0 Å². The number of phenols is 1. The lowest BCUT2D eigenvalue weighted by Gasteiger charge is -1.99. The third-order valence-corrected chi connectivity index (χ3v) is 5.00. The van der Waals surface area contributed by atoms with Crippen LogP contribution in [0.5, 0.6) is 5.75 Å². The van der Waals surface area contributed by atoms with Crippen LogP contribution in [0.15, 0.2) is 50.3 Å². The fourth-order valence-electron chi connectivity index (χ4n) is 2.01. The number of nitrogens with zero attached hydrogens (tertiary/aromatic N) is 3. The summed E-state index contributed by atoms with van der Waals surface area (Å²) in [5, 5.41) is 9.74. The molecule has 0 spiro atoms. The van der Waals surface area contributed by atoms with E-state index in [0.717, 1.165) is 20.0 Å². The molecule has 3 aromatic rings. The van der Waals surface area contributed by atoms with E-state index in [1.165, 1.54) is 0 Å². The highest BCUT2D eigenvalue weighted by atomic mass is 79.9. The van der Waals surface area contributed by atoms with Crippen molar-refractivity contribution >= 4 is 55.1 Å². The van der Waals surface area contributed by atoms with Crippen LogP contribution in [0.2, 0.25) is 0 Å². The molecule has 0 saturated carbocycles. The Morgan fingerprint density at radius 2 is 1.90 bits per heavy atom. The third-order valence-electron chi connectivity index (χ3n) is 3.16. The van der Waals surface area contributed by atoms with Gasteiger partial charge in [0.2, 0.25) is 5.95 Å². The molecule has 0 fully saturated rings. The van der Waals surface area contributed by atoms with E-state index in [-0.39, 0.29) is 5.75 Å². The minimum absolute atomic E-state index is 0.200. The van der Waals surface area contributed by atoms with E-state index in [4.69, 9.17) is 0 Å². The van der Waals surface area contributed by atoms with E-state index in [9.17, 15) is 5.11 Å². The lowest BCUT2D eigenvalue weighted by atomic mass is 10.2. The van der Waals surface area contributed by atoms with Crippen molar-refractivity contribution in [1.82, 2.24) is 9.55 Å². The van der Waals surface area contributed by atoms with Crippen LogP contribution < -0.4 is 0 Å². The number of benzene rings is 2. The van der Waals surface area contributed by atoms with E-state index in [1.807, 2.05) is 29.8 Å². The predicted molar refractivity (Wildman–Crippen MR) is 91.5 cm³/mol. The number of aromatic hydroxyl groups is 1. The molecule has 6 heteroatoms. The zero-order valence-corrected chi connectivity index (χ0v) is 14.3. The first-order valence-electron chi connectivity index (χ1n) is 6.20. The van der Waals surface area contributed by atoms with Crippen molar-refractivity contribution in [2.24, 2.45) is 12.0 Å². The number of aliphatic imine (C=N–C) groups is 1. The Hall–Kier alpha value is -1.66. The zero-order valence-electron chi connectivity index (χ0n) is 11.1. The summed E-state index contributed by atoms with van der Waals surface area (Å²) in [6.07, 6.45) is 1.61. The fraction of sp³-hybridized carbons (Fsp3) is 0.0667. The molecule has 0 saturated heterocycles. The van der Waals surface area contributed by atoms with Gasteiger partial charge in [-0.3, -0.25) is 0 Å². The Kier molecular flexibility index (Phi) is 3.82. The first-order chi connectivity index (χ1) is 10.1. The van der Waals surface area contributed by atoms with Crippen LogP contribution in [-0.4, -0.2) is 20.9 Å². The van der Waals surface area contributed by atoms with Gasteiger partial charge in [0.15, 0.2) is 0 Å². The lowest BCUT2D eigenvalue weighted by Crippen LogP contribution is -1.88. The highest BCUT2D eigenvalue weighted by Crippen LogP contribution is 2.30. The Morgan fingerprint density at radius 1 is 1.19 bits per heavy atom. The van der Waals surface area contributed by atoms with Crippen LogP contribution in [0.3, 0.4) is 0 Å². The summed E-state index contributed by atoms with van der Waals surface area (Å²) in [6.45, 7) is 0. The Morgan fingerprint density at radius 3 is 2.67 bits per heavy atom. The zero-order chi connectivity index (χ0) is 15.0. The van der Waals surface area contributed by atoms with Gasteiger partial charge in [0.1, 0.15) is 5.75 Å². The first-order valence-corrected chi connectivity index (χ1v) is 7.78. The van der Waals surface area contributed by atoms with Crippen LogP contribution in [0, 0.1) is 0 Å². The molecule has 4 nitrogen and oxygen atoms in total. The number of hydrogen-bond donors (Lipinski definition) is 1. The molecule has 106 valence electrons. The number of aryl methyl sites for hydroxylation is 1. The van der Waals surface area contributed by atoms with Gasteiger partial charge in [-0.25, -0.2) is 9.98 Å². The molecule has 0 amide bonds. The van der Waals surface area contributed by atoms with Gasteiger partial charge >= 0.3 is 0 Å². The Bertz CT molecular complexity index is 855. The average molecular weight is 409 g/mol. The standard InChI is InChI=1S/C15H11Br2N3O/c1-20-13-7-11(17)10(16)6-12(13)19-15(20)18-8-9-4-2-3-5-14(9)21/h2-8,21H,1H3. The molecule has 0 atom stereocenters. The molecular weight excluding hydrogens is 398 g/mol. The maximum absolute atomic E-state index is 9.74. The van der Waals surface area contributed by atoms with E-state index >= 15 is 0 Å². The van der Waals surface area contributed by atoms with Crippen LogP contribution in [-0.2, 0) is 7.05 Å². The van der Waals surface area contributed by atoms with Crippen molar-refractivity contribution in [2.75, 3.05) is 0 Å². The molecule has 0 unspecified atom stereocenters. The van der Waals surface area contributed by atoms with Crippen molar-refractivity contribution in [3.8, 4) is 5.75 Å². The molecule has 2 aromatic carbocycles. The number of aromatic nitrogens is 2. The second kappa shape index (κ2) is 5.61. The number of fused-ring (bicyclic) bond motifs is 1. The smallest absolute Gasteiger partial charge is 0.230 e. The molecule has 0 radical (unpaired) electrons. The highest BCUT2D eigenvalue weighted by Gasteiger charge is 2.09. The number of rotatable bonds is 2. The molecule has 1 N–H and O–H groups in total. The molecule has 1 aromatic heterocycles. The molecule has 21 heavy (non-hydrogen) atoms. The molecular formula is C15H11Br2N3O. The maximum atomic E-state index is 9.74. The SMILES string of the molecule is Cn1c(N=Cc2ccccc2O)nc2cc(Br)c(Br)cc21. The van der Waals surface area contributed by atoms with Gasteiger partial charge in [-0.05, 0) is 56.1 Å². The van der Waals surface area contributed by atoms with Gasteiger partial charge in [0.25, 0.3) is 0 Å². The van der Waals surface area contributed by atoms with Crippen molar-refractivity contribution in [3.63, 3.8) is 0 Å². The second-order valence-corrected chi connectivity index (χ2v) is 6.25. The first kappa shape index (κ1) is 14.3. The Labute approximate surface area is 138 Å². The summed E-state index contributed by atoms with van der Waals surface area (Å²) in [5.41, 5.74) is 2.50. The normalized spacial score (nSPS) is 11.6. The topological polar surface area (TPSA) is 50.4 Å². The minimum Gasteiger partial charge on any atom is -0.507 e. The van der Waals surface area contributed by atoms with Gasteiger partial charge < -0.3 is 9.67 Å². The largest absolute Gasteiger partial charge is 0.507 e. The Balaban J connectivity index is 2.05. The molecule has 1 heterocycles. The monoisotopic (exact) mass is 407 g/mol. The van der Waals surface area contributed by atoms with Crippen molar-refractivity contribution < 1.29 is 5.11 Å². The van der Waals surface area contributed by atoms with Gasteiger partial charge in [0.05, 0.1) is 11.0 Å². The van der Waals surface area contributed by atoms with E-state index < -0.39 is 0 Å². The van der Waals surface area contributed by atoms with Crippen LogP contribution in [0.25, 0.3) is 11.0 Å². The summed E-state index contributed by atoms with van der Waals surface area (Å²) in [6, 6.07) is 11.0. The predicted octanol–water partition coefficient (Wildman–Crippen LogP) is 4.55. The summed E-state index contributed by atoms with van der Waals surface area (Å²) in [7, 11) is 1.91. The van der Waals surface area contributed by atoms with Crippen molar-refractivity contribution in [1.29, 1.82) is 0 Å². The number of phenolic OH excluding ortho intramolecular Hbond substituents is 1. The summed E-state index contributed by atoms with van der Waals surface area (Å²) < 4.78 is 3.82. The molecule has 0 aliphatic carbocycles. The molecule has 0 aliphatic rings. The van der Waals surface area contributed by atoms with E-state index in [2.05, 4.69) is 41.8 Å². The average Bonchev–Trinajstić information content (AvgIpc) is 2.75. The fourth-order valence-corrected chi connectivity index (χ4v) is 2.68. The van der Waals surface area contributed by atoms with E-state index in [0.29, 0.717) is 11.5 Å². The number of imidazole rings is 1. The van der Waals surface area contributed by atoms with Gasteiger partial charge in [-0.1, -0.05) is 12.1 Å². The van der Waals surface area contributed by atoms with Gasteiger partial charge in [0, 0.05) is 27.8 Å². The molecule has 3 rings (SSSR count). The van der Waals surface area contributed by atoms with Crippen molar-refractivity contribution in [3.05, 3.63) is 50.9 Å². The lowest BCUT2D eigenvalue weighted by molar-refractivity contribution is 0.474. The quantitative estimate of drug-likeness (QED) is 0.632. The summed E-state index contributed by atoms with van der Waals surface area (Å²) in [5.74, 6) is 0.781. The third kappa shape index (κ3) is 2.73. The summed E-state index contributed by atoms with van der Waals surface area (Å²) >= 11 is 6.95.